The maximum atomic E-state index is 12.6. The molecule has 4 nitrogen and oxygen atoms in total. The average Bonchev–Trinajstić information content (AvgIpc) is 2.47. The Bertz CT molecular complexity index is 742. The van der Waals surface area contributed by atoms with Gasteiger partial charge in [-0.1, -0.05) is 29.8 Å². The first kappa shape index (κ1) is 13.6. The van der Waals surface area contributed by atoms with Crippen molar-refractivity contribution in [3.8, 4) is 0 Å². The van der Waals surface area contributed by atoms with E-state index in [4.69, 9.17) is 11.6 Å². The lowest BCUT2D eigenvalue weighted by atomic mass is 9.98. The van der Waals surface area contributed by atoms with Gasteiger partial charge in [0.25, 0.3) is 5.91 Å². The highest BCUT2D eigenvalue weighted by Gasteiger charge is 2.28. The predicted molar refractivity (Wildman–Crippen MR) is 80.2 cm³/mol. The number of anilines is 1. The second-order valence-electron chi connectivity index (χ2n) is 4.83. The maximum absolute atomic E-state index is 12.6. The van der Waals surface area contributed by atoms with Crippen LogP contribution in [0.15, 0.2) is 42.5 Å². The molecular formula is C16H12ClNO3. The van der Waals surface area contributed by atoms with Crippen LogP contribution in [0.4, 0.5) is 5.69 Å². The van der Waals surface area contributed by atoms with Crippen molar-refractivity contribution < 1.29 is 14.7 Å². The summed E-state index contributed by atoms with van der Waals surface area (Å²) in [5, 5.41) is 9.69. The molecule has 0 radical (unpaired) electrons. The Balaban J connectivity index is 2.09. The number of halogens is 1. The fraction of sp³-hybridized carbons (Fsp3) is 0.125. The first-order chi connectivity index (χ1) is 10.1. The van der Waals surface area contributed by atoms with Crippen LogP contribution in [0.25, 0.3) is 0 Å². The van der Waals surface area contributed by atoms with Crippen molar-refractivity contribution in [1.82, 2.24) is 0 Å². The molecule has 1 amide bonds. The van der Waals surface area contributed by atoms with Crippen LogP contribution in [0.1, 0.15) is 26.3 Å². The van der Waals surface area contributed by atoms with Crippen LogP contribution in [0.3, 0.4) is 0 Å². The number of hydrogen-bond acceptors (Lipinski definition) is 2. The number of carboxylic acid groups (broad SMARTS) is 1. The highest BCUT2D eigenvalue weighted by Crippen LogP contribution is 2.29. The van der Waals surface area contributed by atoms with Crippen LogP contribution < -0.4 is 4.90 Å². The maximum Gasteiger partial charge on any atom is 0.337 e. The molecule has 0 atom stereocenters. The molecule has 2 aromatic carbocycles. The molecule has 1 N–H and O–H groups in total. The summed E-state index contributed by atoms with van der Waals surface area (Å²) in [6.45, 7) is 0.441. The third kappa shape index (κ3) is 2.38. The van der Waals surface area contributed by atoms with Gasteiger partial charge in [-0.3, -0.25) is 4.79 Å². The van der Waals surface area contributed by atoms with Crippen molar-refractivity contribution in [2.45, 2.75) is 6.42 Å². The standard InChI is InChI=1S/C16H12ClNO3/c17-11-5-6-13(16(20)21)14(9-11)18-8-7-10-3-1-2-4-12(10)15(18)19/h1-6,9H,7-8H2,(H,20,21). The number of aromatic carboxylic acids is 1. The summed E-state index contributed by atoms with van der Waals surface area (Å²) in [5.74, 6) is -1.27. The summed E-state index contributed by atoms with van der Waals surface area (Å²) in [6.07, 6.45) is 0.688. The topological polar surface area (TPSA) is 57.6 Å². The number of carboxylic acids is 1. The number of carbonyl (C=O) groups is 2. The van der Waals surface area contributed by atoms with Gasteiger partial charge in [-0.2, -0.15) is 0 Å². The minimum Gasteiger partial charge on any atom is -0.478 e. The molecule has 0 fully saturated rings. The van der Waals surface area contributed by atoms with Gasteiger partial charge in [0.1, 0.15) is 0 Å². The van der Waals surface area contributed by atoms with Crippen LogP contribution in [0.2, 0.25) is 5.02 Å². The Kier molecular flexibility index (Phi) is 3.39. The number of rotatable bonds is 2. The Hall–Kier alpha value is -2.33. The van der Waals surface area contributed by atoms with E-state index in [9.17, 15) is 14.7 Å². The van der Waals surface area contributed by atoms with Gasteiger partial charge < -0.3 is 10.0 Å². The average molecular weight is 302 g/mol. The number of fused-ring (bicyclic) bond motifs is 1. The van der Waals surface area contributed by atoms with Gasteiger partial charge in [0.05, 0.1) is 11.3 Å². The molecule has 1 heterocycles. The van der Waals surface area contributed by atoms with Crippen molar-refractivity contribution in [3.63, 3.8) is 0 Å². The molecule has 0 aliphatic carbocycles. The fourth-order valence-corrected chi connectivity index (χ4v) is 2.73. The van der Waals surface area contributed by atoms with Gasteiger partial charge in [-0.05, 0) is 36.2 Å². The molecule has 0 spiro atoms. The summed E-state index contributed by atoms with van der Waals surface area (Å²) in [4.78, 5) is 25.4. The number of hydrogen-bond donors (Lipinski definition) is 1. The molecule has 0 unspecified atom stereocenters. The highest BCUT2D eigenvalue weighted by molar-refractivity contribution is 6.31. The molecule has 1 aliphatic heterocycles. The van der Waals surface area contributed by atoms with Crippen LogP contribution in [-0.4, -0.2) is 23.5 Å². The zero-order valence-electron chi connectivity index (χ0n) is 11.0. The van der Waals surface area contributed by atoms with E-state index in [-0.39, 0.29) is 11.5 Å². The Morgan fingerprint density at radius 2 is 1.95 bits per heavy atom. The second kappa shape index (κ2) is 5.22. The molecular weight excluding hydrogens is 290 g/mol. The smallest absolute Gasteiger partial charge is 0.337 e. The minimum absolute atomic E-state index is 0.0760. The van der Waals surface area contributed by atoms with Crippen molar-refractivity contribution in [2.75, 3.05) is 11.4 Å². The normalized spacial score (nSPS) is 14.0. The molecule has 2 aromatic rings. The zero-order chi connectivity index (χ0) is 15.0. The summed E-state index contributed by atoms with van der Waals surface area (Å²) in [6, 6.07) is 11.8. The monoisotopic (exact) mass is 301 g/mol. The van der Waals surface area contributed by atoms with E-state index in [1.54, 1.807) is 12.1 Å². The Morgan fingerprint density at radius 1 is 1.19 bits per heavy atom. The van der Waals surface area contributed by atoms with Gasteiger partial charge in [0.15, 0.2) is 0 Å². The molecule has 21 heavy (non-hydrogen) atoms. The van der Waals surface area contributed by atoms with E-state index in [0.29, 0.717) is 29.2 Å². The summed E-state index contributed by atoms with van der Waals surface area (Å²) >= 11 is 5.96. The van der Waals surface area contributed by atoms with Crippen LogP contribution in [-0.2, 0) is 6.42 Å². The fourth-order valence-electron chi connectivity index (χ4n) is 2.56. The highest BCUT2D eigenvalue weighted by atomic mass is 35.5. The number of benzene rings is 2. The lowest BCUT2D eigenvalue weighted by Crippen LogP contribution is -2.38. The lowest BCUT2D eigenvalue weighted by Gasteiger charge is -2.29. The van der Waals surface area contributed by atoms with E-state index >= 15 is 0 Å². The predicted octanol–water partition coefficient (Wildman–Crippen LogP) is 3.24. The molecule has 0 saturated heterocycles. The second-order valence-corrected chi connectivity index (χ2v) is 5.27. The number of amides is 1. The molecule has 5 heteroatoms. The third-order valence-electron chi connectivity index (χ3n) is 3.58. The minimum atomic E-state index is -1.08. The summed E-state index contributed by atoms with van der Waals surface area (Å²) in [5.41, 5.74) is 2.01. The van der Waals surface area contributed by atoms with E-state index in [1.807, 2.05) is 12.1 Å². The molecule has 0 saturated carbocycles. The summed E-state index contributed by atoms with van der Waals surface area (Å²) < 4.78 is 0. The zero-order valence-corrected chi connectivity index (χ0v) is 11.8. The quantitative estimate of drug-likeness (QED) is 0.926. The van der Waals surface area contributed by atoms with Crippen LogP contribution >= 0.6 is 11.6 Å². The number of carbonyl (C=O) groups excluding carboxylic acids is 1. The van der Waals surface area contributed by atoms with Crippen LogP contribution in [0.5, 0.6) is 0 Å². The van der Waals surface area contributed by atoms with E-state index in [0.717, 1.165) is 5.56 Å². The molecule has 0 bridgehead atoms. The Labute approximate surface area is 126 Å². The molecule has 0 aromatic heterocycles. The summed E-state index contributed by atoms with van der Waals surface area (Å²) in [7, 11) is 0. The molecule has 1 aliphatic rings. The largest absolute Gasteiger partial charge is 0.478 e. The SMILES string of the molecule is O=C(O)c1ccc(Cl)cc1N1CCc2ccccc2C1=O. The molecule has 106 valence electrons. The van der Waals surface area contributed by atoms with Crippen molar-refractivity contribution >= 4 is 29.2 Å². The first-order valence-electron chi connectivity index (χ1n) is 6.50. The lowest BCUT2D eigenvalue weighted by molar-refractivity contribution is 0.0697. The van der Waals surface area contributed by atoms with Gasteiger partial charge in [-0.25, -0.2) is 4.79 Å². The number of nitrogens with zero attached hydrogens (tertiary/aromatic N) is 1. The van der Waals surface area contributed by atoms with E-state index in [1.165, 1.54) is 23.1 Å². The van der Waals surface area contributed by atoms with Crippen LogP contribution in [0, 0.1) is 0 Å². The Morgan fingerprint density at radius 3 is 2.71 bits per heavy atom. The first-order valence-corrected chi connectivity index (χ1v) is 6.88. The van der Waals surface area contributed by atoms with Gasteiger partial charge >= 0.3 is 5.97 Å². The van der Waals surface area contributed by atoms with Gasteiger partial charge in [0.2, 0.25) is 0 Å². The van der Waals surface area contributed by atoms with Crippen molar-refractivity contribution in [1.29, 1.82) is 0 Å². The van der Waals surface area contributed by atoms with E-state index < -0.39 is 5.97 Å². The van der Waals surface area contributed by atoms with Gasteiger partial charge in [-0.15, -0.1) is 0 Å². The molecule has 3 rings (SSSR count). The third-order valence-corrected chi connectivity index (χ3v) is 3.81. The van der Waals surface area contributed by atoms with Crippen molar-refractivity contribution in [3.05, 3.63) is 64.2 Å². The van der Waals surface area contributed by atoms with Crippen molar-refractivity contribution in [2.24, 2.45) is 0 Å². The van der Waals surface area contributed by atoms with E-state index in [2.05, 4.69) is 0 Å². The van der Waals surface area contributed by atoms with Gasteiger partial charge in [0, 0.05) is 17.1 Å².